The molecule has 4 rings (SSSR count). The molecule has 0 saturated carbocycles. The molecule has 3 heterocycles. The average Bonchev–Trinajstić information content (AvgIpc) is 3.21. The molecule has 170 valence electrons. The van der Waals surface area contributed by atoms with E-state index < -0.39 is 30.4 Å². The molecule has 3 aromatic heterocycles. The lowest BCUT2D eigenvalue weighted by atomic mass is 10.1. The van der Waals surface area contributed by atoms with Crippen molar-refractivity contribution < 1.29 is 21.6 Å². The number of sulfone groups is 2. The maximum Gasteiger partial charge on any atom is 0.211 e. The maximum absolute atomic E-state index is 13.5. The third-order valence-electron chi connectivity index (χ3n) is 5.50. The molecule has 0 radical (unpaired) electrons. The largest absolute Gasteiger partial charge is 0.311 e. The van der Waals surface area contributed by atoms with E-state index in [4.69, 9.17) is 0 Å². The molecule has 1 aromatic carbocycles. The minimum atomic E-state index is -4.08. The number of hydrogen-bond acceptors (Lipinski definition) is 6. The minimum absolute atomic E-state index is 0.150. The van der Waals surface area contributed by atoms with Crippen LogP contribution in [-0.2, 0) is 19.7 Å². The number of hydrogen-bond donors (Lipinski definition) is 0. The highest BCUT2D eigenvalue weighted by Gasteiger charge is 2.36. The topological polar surface area (TPSA) is 103 Å². The summed E-state index contributed by atoms with van der Waals surface area (Å²) < 4.78 is 54.3. The Morgan fingerprint density at radius 1 is 0.818 bits per heavy atom. The lowest BCUT2D eigenvalue weighted by Crippen LogP contribution is -2.15. The Morgan fingerprint density at radius 2 is 1.42 bits per heavy atom. The van der Waals surface area contributed by atoms with Crippen LogP contribution in [0, 0.1) is 0 Å². The maximum atomic E-state index is 13.5. The number of benzene rings is 1. The zero-order valence-corrected chi connectivity index (χ0v) is 19.7. The standard InChI is InChI=1S/C24H22N2O5S2/c1-3-32(28,29)23-20-16-19(17-10-13-25-14-11-17)12-15-26(20)21(24(23)33(30,31)4-2)22(27)18-8-6-5-7-9-18/h5-16H,3-4H2,1-2H3. The Labute approximate surface area is 192 Å². The first kappa shape index (κ1) is 22.9. The molecule has 0 N–H and O–H groups in total. The number of fused-ring (bicyclic) bond motifs is 1. The van der Waals surface area contributed by atoms with Crippen LogP contribution in [0.2, 0.25) is 0 Å². The Morgan fingerprint density at radius 3 is 2.03 bits per heavy atom. The Kier molecular flexibility index (Phi) is 5.94. The molecule has 0 atom stereocenters. The molecular weight excluding hydrogens is 460 g/mol. The highest BCUT2D eigenvalue weighted by atomic mass is 32.2. The van der Waals surface area contributed by atoms with Crippen molar-refractivity contribution in [2.45, 2.75) is 23.6 Å². The molecule has 9 heteroatoms. The molecular formula is C24H22N2O5S2. The Balaban J connectivity index is 2.18. The predicted octanol–water partition coefficient (Wildman–Crippen LogP) is 3.82. The minimum Gasteiger partial charge on any atom is -0.311 e. The predicted molar refractivity (Wildman–Crippen MR) is 126 cm³/mol. The third kappa shape index (κ3) is 3.98. The van der Waals surface area contributed by atoms with Gasteiger partial charge in [-0.05, 0) is 35.4 Å². The number of pyridine rings is 2. The van der Waals surface area contributed by atoms with Crippen LogP contribution >= 0.6 is 0 Å². The summed E-state index contributed by atoms with van der Waals surface area (Å²) in [7, 11) is -8.08. The fourth-order valence-electron chi connectivity index (χ4n) is 3.74. The zero-order valence-electron chi connectivity index (χ0n) is 18.1. The molecule has 0 unspecified atom stereocenters. The number of aromatic nitrogens is 2. The lowest BCUT2D eigenvalue weighted by Gasteiger charge is -2.08. The van der Waals surface area contributed by atoms with Crippen molar-refractivity contribution >= 4 is 31.0 Å². The summed E-state index contributed by atoms with van der Waals surface area (Å²) in [6.45, 7) is 2.88. The summed E-state index contributed by atoms with van der Waals surface area (Å²) in [6.07, 6.45) is 4.77. The fraction of sp³-hybridized carbons (Fsp3) is 0.167. The number of carbonyl (C=O) groups excluding carboxylic acids is 1. The summed E-state index contributed by atoms with van der Waals surface area (Å²) in [5, 5.41) is 0. The first-order valence-electron chi connectivity index (χ1n) is 10.3. The fourth-order valence-corrected chi connectivity index (χ4v) is 6.81. The van der Waals surface area contributed by atoms with Crippen molar-refractivity contribution in [3.8, 4) is 11.1 Å². The first-order chi connectivity index (χ1) is 15.7. The van der Waals surface area contributed by atoms with Gasteiger partial charge in [-0.3, -0.25) is 9.78 Å². The van der Waals surface area contributed by atoms with E-state index >= 15 is 0 Å². The molecule has 33 heavy (non-hydrogen) atoms. The van der Waals surface area contributed by atoms with Gasteiger partial charge in [0.15, 0.2) is 19.7 Å². The van der Waals surface area contributed by atoms with Crippen molar-refractivity contribution in [3.05, 3.63) is 84.4 Å². The van der Waals surface area contributed by atoms with E-state index in [0.717, 1.165) is 5.56 Å². The van der Waals surface area contributed by atoms with Crippen LogP contribution < -0.4 is 0 Å². The van der Waals surface area contributed by atoms with Gasteiger partial charge in [0.25, 0.3) is 0 Å². The number of ketones is 1. The van der Waals surface area contributed by atoms with Gasteiger partial charge >= 0.3 is 0 Å². The van der Waals surface area contributed by atoms with E-state index in [0.29, 0.717) is 5.56 Å². The highest BCUT2D eigenvalue weighted by Crippen LogP contribution is 2.36. The van der Waals surface area contributed by atoms with Crippen molar-refractivity contribution in [2.75, 3.05) is 11.5 Å². The molecule has 0 aliphatic carbocycles. The van der Waals surface area contributed by atoms with Crippen molar-refractivity contribution in [2.24, 2.45) is 0 Å². The monoisotopic (exact) mass is 482 g/mol. The second-order valence-electron chi connectivity index (χ2n) is 7.42. The van der Waals surface area contributed by atoms with Crippen molar-refractivity contribution in [1.29, 1.82) is 0 Å². The molecule has 7 nitrogen and oxygen atoms in total. The van der Waals surface area contributed by atoms with E-state index in [1.807, 2.05) is 0 Å². The summed E-state index contributed by atoms with van der Waals surface area (Å²) in [5.41, 5.74) is 1.70. The van der Waals surface area contributed by atoms with Gasteiger partial charge in [-0.1, -0.05) is 44.2 Å². The van der Waals surface area contributed by atoms with E-state index in [-0.39, 0.29) is 33.2 Å². The van der Waals surface area contributed by atoms with Gasteiger partial charge in [0.1, 0.15) is 15.5 Å². The van der Waals surface area contributed by atoms with E-state index in [2.05, 4.69) is 4.98 Å². The Bertz CT molecular complexity index is 1560. The molecule has 0 fully saturated rings. The van der Waals surface area contributed by atoms with Crippen LogP contribution in [-0.4, -0.2) is 43.5 Å². The lowest BCUT2D eigenvalue weighted by molar-refractivity contribution is 0.103. The van der Waals surface area contributed by atoms with Gasteiger partial charge in [0.05, 0.1) is 17.0 Å². The van der Waals surface area contributed by atoms with Gasteiger partial charge in [-0.2, -0.15) is 0 Å². The molecule has 0 bridgehead atoms. The van der Waals surface area contributed by atoms with Crippen LogP contribution in [0.5, 0.6) is 0 Å². The van der Waals surface area contributed by atoms with E-state index in [1.54, 1.807) is 73.2 Å². The van der Waals surface area contributed by atoms with Crippen molar-refractivity contribution in [3.63, 3.8) is 0 Å². The van der Waals surface area contributed by atoms with Crippen LogP contribution in [0.1, 0.15) is 29.9 Å². The summed E-state index contributed by atoms with van der Waals surface area (Å²) in [5.74, 6) is -1.22. The molecule has 0 aliphatic heterocycles. The number of rotatable bonds is 7. The van der Waals surface area contributed by atoms with E-state index in [9.17, 15) is 21.6 Å². The van der Waals surface area contributed by atoms with Gasteiger partial charge in [0, 0.05) is 24.2 Å². The molecule has 0 saturated heterocycles. The molecule has 0 amide bonds. The summed E-state index contributed by atoms with van der Waals surface area (Å²) in [4.78, 5) is 16.8. The highest BCUT2D eigenvalue weighted by molar-refractivity contribution is 7.94. The summed E-state index contributed by atoms with van der Waals surface area (Å²) in [6, 6.07) is 15.1. The third-order valence-corrected chi connectivity index (χ3v) is 9.20. The zero-order chi connectivity index (χ0) is 23.8. The molecule has 4 aromatic rings. The average molecular weight is 483 g/mol. The molecule has 0 aliphatic rings. The smallest absolute Gasteiger partial charge is 0.211 e. The van der Waals surface area contributed by atoms with Crippen LogP contribution in [0.4, 0.5) is 0 Å². The van der Waals surface area contributed by atoms with Crippen LogP contribution in [0.25, 0.3) is 16.6 Å². The van der Waals surface area contributed by atoms with Crippen molar-refractivity contribution in [1.82, 2.24) is 9.38 Å². The quantitative estimate of drug-likeness (QED) is 0.371. The molecule has 0 spiro atoms. The summed E-state index contributed by atoms with van der Waals surface area (Å²) >= 11 is 0. The number of carbonyl (C=O) groups is 1. The van der Waals surface area contributed by atoms with Gasteiger partial charge in [0.2, 0.25) is 5.78 Å². The second-order valence-corrected chi connectivity index (χ2v) is 11.8. The number of nitrogens with zero attached hydrogens (tertiary/aromatic N) is 2. The normalized spacial score (nSPS) is 12.2. The van der Waals surface area contributed by atoms with Crippen LogP contribution in [0.15, 0.2) is 83.0 Å². The van der Waals surface area contributed by atoms with Gasteiger partial charge in [-0.15, -0.1) is 0 Å². The Hall–Kier alpha value is -3.30. The van der Waals surface area contributed by atoms with Crippen LogP contribution in [0.3, 0.4) is 0 Å². The van der Waals surface area contributed by atoms with Gasteiger partial charge in [-0.25, -0.2) is 16.8 Å². The second kappa shape index (κ2) is 8.57. The van der Waals surface area contributed by atoms with Gasteiger partial charge < -0.3 is 4.40 Å². The first-order valence-corrected chi connectivity index (χ1v) is 13.7. The van der Waals surface area contributed by atoms with E-state index in [1.165, 1.54) is 18.2 Å². The SMILES string of the molecule is CCS(=O)(=O)c1c(S(=O)(=O)CC)c2cc(-c3ccncc3)ccn2c1C(=O)c1ccccc1.